The van der Waals surface area contributed by atoms with E-state index in [0.717, 1.165) is 25.8 Å². The van der Waals surface area contributed by atoms with Gasteiger partial charge in [-0.25, -0.2) is 0 Å². The first-order chi connectivity index (χ1) is 8.95. The van der Waals surface area contributed by atoms with E-state index in [1.165, 1.54) is 0 Å². The Morgan fingerprint density at radius 1 is 1.32 bits per heavy atom. The maximum atomic E-state index is 12.3. The molecule has 4 atom stereocenters. The van der Waals surface area contributed by atoms with E-state index in [1.807, 2.05) is 0 Å². The van der Waals surface area contributed by atoms with Crippen molar-refractivity contribution in [1.82, 2.24) is 10.6 Å². The maximum Gasteiger partial charge on any atom is 0.311 e. The molecule has 0 aromatic rings. The van der Waals surface area contributed by atoms with Gasteiger partial charge in [-0.2, -0.15) is 0 Å². The van der Waals surface area contributed by atoms with Crippen LogP contribution in [0.15, 0.2) is 0 Å². The van der Waals surface area contributed by atoms with Gasteiger partial charge in [-0.1, -0.05) is 19.8 Å². The number of amides is 1. The van der Waals surface area contributed by atoms with Crippen molar-refractivity contribution < 1.29 is 14.7 Å². The van der Waals surface area contributed by atoms with Crippen LogP contribution in [0.1, 0.15) is 39.5 Å². The zero-order valence-corrected chi connectivity index (χ0v) is 11.7. The SMILES string of the molecule is CC1CNCC1C(=O)NC1CCCCC1(C)C(=O)O. The molecule has 0 spiro atoms. The van der Waals surface area contributed by atoms with E-state index in [-0.39, 0.29) is 17.9 Å². The number of carbonyl (C=O) groups excluding carboxylic acids is 1. The van der Waals surface area contributed by atoms with Crippen LogP contribution >= 0.6 is 0 Å². The van der Waals surface area contributed by atoms with Crippen LogP contribution < -0.4 is 10.6 Å². The molecule has 1 amide bonds. The molecule has 1 saturated carbocycles. The average molecular weight is 268 g/mol. The monoisotopic (exact) mass is 268 g/mol. The summed E-state index contributed by atoms with van der Waals surface area (Å²) >= 11 is 0. The van der Waals surface area contributed by atoms with Crippen molar-refractivity contribution in [3.8, 4) is 0 Å². The van der Waals surface area contributed by atoms with Gasteiger partial charge in [0.25, 0.3) is 0 Å². The Kier molecular flexibility index (Phi) is 4.13. The molecule has 1 heterocycles. The predicted octanol–water partition coefficient (Wildman–Crippen LogP) is 0.992. The third kappa shape index (κ3) is 2.76. The lowest BCUT2D eigenvalue weighted by molar-refractivity contribution is -0.152. The molecule has 0 radical (unpaired) electrons. The summed E-state index contributed by atoms with van der Waals surface area (Å²) in [5.41, 5.74) is -0.816. The summed E-state index contributed by atoms with van der Waals surface area (Å²) < 4.78 is 0. The molecule has 3 N–H and O–H groups in total. The number of aliphatic carboxylic acids is 1. The molecule has 2 aliphatic rings. The second-order valence-corrected chi connectivity index (χ2v) is 6.27. The number of nitrogens with one attached hydrogen (secondary N) is 2. The highest BCUT2D eigenvalue weighted by Crippen LogP contribution is 2.36. The number of carboxylic acid groups (broad SMARTS) is 1. The molecule has 0 aromatic heterocycles. The summed E-state index contributed by atoms with van der Waals surface area (Å²) in [6, 6.07) is -0.237. The first-order valence-electron chi connectivity index (χ1n) is 7.19. The highest BCUT2D eigenvalue weighted by atomic mass is 16.4. The summed E-state index contributed by atoms with van der Waals surface area (Å²) in [7, 11) is 0. The normalized spacial score (nSPS) is 38.9. The van der Waals surface area contributed by atoms with Crippen LogP contribution in [0.2, 0.25) is 0 Å². The lowest BCUT2D eigenvalue weighted by Crippen LogP contribution is -2.53. The minimum Gasteiger partial charge on any atom is -0.481 e. The van der Waals surface area contributed by atoms with Gasteiger partial charge in [0.2, 0.25) is 5.91 Å². The Morgan fingerprint density at radius 3 is 2.63 bits per heavy atom. The smallest absolute Gasteiger partial charge is 0.311 e. The number of carboxylic acids is 1. The Balaban J connectivity index is 2.03. The van der Waals surface area contributed by atoms with E-state index < -0.39 is 11.4 Å². The molecule has 0 aromatic carbocycles. The summed E-state index contributed by atoms with van der Waals surface area (Å²) in [5.74, 6) is -0.494. The van der Waals surface area contributed by atoms with Gasteiger partial charge in [0.15, 0.2) is 0 Å². The van der Waals surface area contributed by atoms with Crippen LogP contribution in [0.25, 0.3) is 0 Å². The molecule has 2 fully saturated rings. The molecule has 5 heteroatoms. The van der Waals surface area contributed by atoms with Crippen LogP contribution in [0.4, 0.5) is 0 Å². The zero-order valence-electron chi connectivity index (χ0n) is 11.7. The first-order valence-corrected chi connectivity index (χ1v) is 7.19. The van der Waals surface area contributed by atoms with Gasteiger partial charge < -0.3 is 15.7 Å². The maximum absolute atomic E-state index is 12.3. The Bertz CT molecular complexity index is 372. The summed E-state index contributed by atoms with van der Waals surface area (Å²) in [6.07, 6.45) is 3.33. The molecule has 2 rings (SSSR count). The van der Waals surface area contributed by atoms with Gasteiger partial charge in [0.1, 0.15) is 0 Å². The predicted molar refractivity (Wildman–Crippen MR) is 71.7 cm³/mol. The van der Waals surface area contributed by atoms with Crippen molar-refractivity contribution in [2.45, 2.75) is 45.6 Å². The molecule has 0 bridgehead atoms. The summed E-state index contributed by atoms with van der Waals surface area (Å²) in [5, 5.41) is 15.6. The number of hydrogen-bond acceptors (Lipinski definition) is 3. The Hall–Kier alpha value is -1.10. The quantitative estimate of drug-likeness (QED) is 0.713. The number of rotatable bonds is 3. The van der Waals surface area contributed by atoms with Gasteiger partial charge in [-0.05, 0) is 32.2 Å². The van der Waals surface area contributed by atoms with E-state index in [2.05, 4.69) is 17.6 Å². The fraction of sp³-hybridized carbons (Fsp3) is 0.857. The van der Waals surface area contributed by atoms with Crippen molar-refractivity contribution in [3.63, 3.8) is 0 Å². The van der Waals surface area contributed by atoms with Crippen molar-refractivity contribution in [3.05, 3.63) is 0 Å². The van der Waals surface area contributed by atoms with Crippen molar-refractivity contribution in [2.75, 3.05) is 13.1 Å². The number of carbonyl (C=O) groups is 2. The molecule has 1 saturated heterocycles. The standard InChI is InChI=1S/C14H24N2O3/c1-9-7-15-8-10(9)12(17)16-11-5-3-4-6-14(11,2)13(18)19/h9-11,15H,3-8H2,1-2H3,(H,16,17)(H,18,19). The summed E-state index contributed by atoms with van der Waals surface area (Å²) in [4.78, 5) is 23.8. The second kappa shape index (κ2) is 5.49. The fourth-order valence-corrected chi connectivity index (χ4v) is 3.26. The van der Waals surface area contributed by atoms with Gasteiger partial charge in [-0.3, -0.25) is 9.59 Å². The second-order valence-electron chi connectivity index (χ2n) is 6.27. The van der Waals surface area contributed by atoms with E-state index in [1.54, 1.807) is 6.92 Å². The molecule has 1 aliphatic carbocycles. The fourth-order valence-electron chi connectivity index (χ4n) is 3.26. The topological polar surface area (TPSA) is 78.4 Å². The van der Waals surface area contributed by atoms with Crippen LogP contribution in [0.3, 0.4) is 0 Å². The highest BCUT2D eigenvalue weighted by Gasteiger charge is 2.44. The van der Waals surface area contributed by atoms with E-state index in [9.17, 15) is 14.7 Å². The van der Waals surface area contributed by atoms with Gasteiger partial charge in [-0.15, -0.1) is 0 Å². The van der Waals surface area contributed by atoms with Crippen molar-refractivity contribution in [1.29, 1.82) is 0 Å². The van der Waals surface area contributed by atoms with E-state index in [4.69, 9.17) is 0 Å². The molecule has 1 aliphatic heterocycles. The zero-order chi connectivity index (χ0) is 14.0. The minimum absolute atomic E-state index is 0.0110. The Labute approximate surface area is 114 Å². The van der Waals surface area contributed by atoms with Gasteiger partial charge >= 0.3 is 5.97 Å². The molecular formula is C14H24N2O3. The van der Waals surface area contributed by atoms with Crippen LogP contribution in [-0.4, -0.2) is 36.1 Å². The third-order valence-electron chi connectivity index (χ3n) is 4.87. The molecule has 5 nitrogen and oxygen atoms in total. The van der Waals surface area contributed by atoms with Crippen LogP contribution in [-0.2, 0) is 9.59 Å². The first kappa shape index (κ1) is 14.3. The van der Waals surface area contributed by atoms with Gasteiger partial charge in [0.05, 0.1) is 11.3 Å². The molecule has 19 heavy (non-hydrogen) atoms. The van der Waals surface area contributed by atoms with Crippen LogP contribution in [0.5, 0.6) is 0 Å². The van der Waals surface area contributed by atoms with E-state index >= 15 is 0 Å². The number of hydrogen-bond donors (Lipinski definition) is 3. The van der Waals surface area contributed by atoms with Gasteiger partial charge in [0, 0.05) is 12.6 Å². The third-order valence-corrected chi connectivity index (χ3v) is 4.87. The lowest BCUT2D eigenvalue weighted by atomic mass is 9.71. The Morgan fingerprint density at radius 2 is 2.05 bits per heavy atom. The summed E-state index contributed by atoms with van der Waals surface area (Å²) in [6.45, 7) is 5.37. The molecule has 108 valence electrons. The highest BCUT2D eigenvalue weighted by molar-refractivity contribution is 5.82. The van der Waals surface area contributed by atoms with Crippen molar-refractivity contribution in [2.24, 2.45) is 17.3 Å². The largest absolute Gasteiger partial charge is 0.481 e. The van der Waals surface area contributed by atoms with Crippen molar-refractivity contribution >= 4 is 11.9 Å². The molecule has 4 unspecified atom stereocenters. The minimum atomic E-state index is -0.816. The molecular weight excluding hydrogens is 244 g/mol. The average Bonchev–Trinajstić information content (AvgIpc) is 2.78. The van der Waals surface area contributed by atoms with Crippen LogP contribution in [0, 0.1) is 17.3 Å². The van der Waals surface area contributed by atoms with E-state index in [0.29, 0.717) is 18.9 Å². The lowest BCUT2D eigenvalue weighted by Gasteiger charge is -2.39.